The lowest BCUT2D eigenvalue weighted by Gasteiger charge is -2.24. The van der Waals surface area contributed by atoms with Crippen LogP contribution in [-0.2, 0) is 14.8 Å². The number of anilines is 1. The SMILES string of the molecule is Cc1ccc(S(=O)(=O)N(CC(=O)N/N=C\c2ccc(-c3ccc(Cl)cc3Cl)o2)c2cc(C)cc(C)c2)cc1. The molecule has 0 radical (unpaired) electrons. The minimum Gasteiger partial charge on any atom is -0.455 e. The highest BCUT2D eigenvalue weighted by Crippen LogP contribution is 2.31. The van der Waals surface area contributed by atoms with Crippen LogP contribution in [-0.4, -0.2) is 27.1 Å². The number of nitrogens with zero attached hydrogens (tertiary/aromatic N) is 2. The van der Waals surface area contributed by atoms with Crippen LogP contribution in [0.4, 0.5) is 5.69 Å². The van der Waals surface area contributed by atoms with Gasteiger partial charge in [-0.3, -0.25) is 9.10 Å². The van der Waals surface area contributed by atoms with Crippen LogP contribution >= 0.6 is 23.2 Å². The standard InChI is InChI=1S/C28H25Cl2N3O4S/c1-18-4-8-24(9-5-18)38(35,36)33(22-13-19(2)12-20(3)14-22)17-28(34)32-31-16-23-7-11-27(37-23)25-10-6-21(29)15-26(25)30/h4-16H,17H2,1-3H3,(H,32,34)/b31-16-. The number of sulfonamides is 1. The second-order valence-electron chi connectivity index (χ2n) is 8.79. The highest BCUT2D eigenvalue weighted by molar-refractivity contribution is 7.92. The van der Waals surface area contributed by atoms with Crippen molar-refractivity contribution in [1.29, 1.82) is 0 Å². The molecule has 0 saturated carbocycles. The molecule has 0 atom stereocenters. The van der Waals surface area contributed by atoms with Crippen molar-refractivity contribution in [2.45, 2.75) is 25.7 Å². The first-order chi connectivity index (χ1) is 18.0. The summed E-state index contributed by atoms with van der Waals surface area (Å²) in [4.78, 5) is 12.9. The smallest absolute Gasteiger partial charge is 0.264 e. The van der Waals surface area contributed by atoms with E-state index in [0.29, 0.717) is 32.8 Å². The summed E-state index contributed by atoms with van der Waals surface area (Å²) < 4.78 is 33.9. The Kier molecular flexibility index (Phi) is 8.26. The fourth-order valence-electron chi connectivity index (χ4n) is 3.84. The predicted molar refractivity (Wildman–Crippen MR) is 152 cm³/mol. The quantitative estimate of drug-likeness (QED) is 0.193. The average molecular weight is 570 g/mol. The molecule has 1 aromatic heterocycles. The van der Waals surface area contributed by atoms with Crippen LogP contribution in [0.3, 0.4) is 0 Å². The van der Waals surface area contributed by atoms with Crippen molar-refractivity contribution in [3.8, 4) is 11.3 Å². The van der Waals surface area contributed by atoms with E-state index in [1.54, 1.807) is 54.6 Å². The molecule has 4 aromatic rings. The minimum atomic E-state index is -4.03. The maximum absolute atomic E-state index is 13.6. The first kappa shape index (κ1) is 27.4. The van der Waals surface area contributed by atoms with Gasteiger partial charge in [0.2, 0.25) is 0 Å². The largest absolute Gasteiger partial charge is 0.455 e. The fraction of sp³-hybridized carbons (Fsp3) is 0.143. The minimum absolute atomic E-state index is 0.0857. The maximum atomic E-state index is 13.6. The summed E-state index contributed by atoms with van der Waals surface area (Å²) in [5.41, 5.74) is 6.10. The van der Waals surface area contributed by atoms with Crippen LogP contribution in [0.15, 0.2) is 87.2 Å². The molecule has 0 fully saturated rings. The van der Waals surface area contributed by atoms with E-state index in [1.165, 1.54) is 18.3 Å². The number of furan rings is 1. The van der Waals surface area contributed by atoms with E-state index < -0.39 is 22.5 Å². The molecule has 0 aliphatic rings. The van der Waals surface area contributed by atoms with Gasteiger partial charge in [-0.05, 0) is 86.5 Å². The number of hydrogen-bond acceptors (Lipinski definition) is 5. The lowest BCUT2D eigenvalue weighted by molar-refractivity contribution is -0.119. The van der Waals surface area contributed by atoms with Gasteiger partial charge in [-0.2, -0.15) is 5.10 Å². The van der Waals surface area contributed by atoms with Gasteiger partial charge < -0.3 is 4.42 Å². The fourth-order valence-corrected chi connectivity index (χ4v) is 5.74. The van der Waals surface area contributed by atoms with Crippen LogP contribution < -0.4 is 9.73 Å². The van der Waals surface area contributed by atoms with Gasteiger partial charge in [0.1, 0.15) is 18.1 Å². The number of carbonyl (C=O) groups is 1. The van der Waals surface area contributed by atoms with E-state index >= 15 is 0 Å². The summed E-state index contributed by atoms with van der Waals surface area (Å²) in [6.07, 6.45) is 1.32. The molecule has 1 heterocycles. The van der Waals surface area contributed by atoms with Gasteiger partial charge in [-0.15, -0.1) is 0 Å². The Morgan fingerprint density at radius 3 is 2.26 bits per heavy atom. The molecular formula is C28H25Cl2N3O4S. The van der Waals surface area contributed by atoms with E-state index in [0.717, 1.165) is 21.0 Å². The Labute approximate surface area is 231 Å². The topological polar surface area (TPSA) is 92.0 Å². The molecule has 196 valence electrons. The number of amides is 1. The first-order valence-electron chi connectivity index (χ1n) is 11.6. The zero-order valence-corrected chi connectivity index (χ0v) is 23.2. The van der Waals surface area contributed by atoms with Gasteiger partial charge in [0.25, 0.3) is 15.9 Å². The molecule has 0 aliphatic carbocycles. The molecule has 1 N–H and O–H groups in total. The van der Waals surface area contributed by atoms with Gasteiger partial charge in [-0.1, -0.05) is 47.0 Å². The van der Waals surface area contributed by atoms with E-state index in [2.05, 4.69) is 10.5 Å². The van der Waals surface area contributed by atoms with Gasteiger partial charge in [0, 0.05) is 10.6 Å². The van der Waals surface area contributed by atoms with Crippen molar-refractivity contribution in [2.24, 2.45) is 5.10 Å². The third kappa shape index (κ3) is 6.45. The van der Waals surface area contributed by atoms with Crippen LogP contribution in [0.5, 0.6) is 0 Å². The molecule has 10 heteroatoms. The van der Waals surface area contributed by atoms with Gasteiger partial charge >= 0.3 is 0 Å². The molecule has 0 saturated heterocycles. The molecule has 0 spiro atoms. The lowest BCUT2D eigenvalue weighted by atomic mass is 10.1. The van der Waals surface area contributed by atoms with Crippen LogP contribution in [0.1, 0.15) is 22.5 Å². The second-order valence-corrected chi connectivity index (χ2v) is 11.5. The molecule has 7 nitrogen and oxygen atoms in total. The lowest BCUT2D eigenvalue weighted by Crippen LogP contribution is -2.39. The monoisotopic (exact) mass is 569 g/mol. The van der Waals surface area contributed by atoms with Gasteiger partial charge in [-0.25, -0.2) is 13.8 Å². The molecule has 0 aliphatic heterocycles. The zero-order valence-electron chi connectivity index (χ0n) is 20.9. The Bertz CT molecular complexity index is 1590. The summed E-state index contributed by atoms with van der Waals surface area (Å²) in [6.45, 7) is 5.13. The number of rotatable bonds is 8. The van der Waals surface area contributed by atoms with Crippen LogP contribution in [0.2, 0.25) is 10.0 Å². The third-order valence-electron chi connectivity index (χ3n) is 5.60. The van der Waals surface area contributed by atoms with Crippen molar-refractivity contribution in [2.75, 3.05) is 10.8 Å². The van der Waals surface area contributed by atoms with E-state index in [-0.39, 0.29) is 4.90 Å². The number of halogens is 2. The zero-order chi connectivity index (χ0) is 27.4. The molecule has 0 bridgehead atoms. The van der Waals surface area contributed by atoms with Crippen molar-refractivity contribution in [3.63, 3.8) is 0 Å². The predicted octanol–water partition coefficient (Wildman–Crippen LogP) is 6.52. The Hall–Kier alpha value is -3.59. The molecule has 0 unspecified atom stereocenters. The maximum Gasteiger partial charge on any atom is 0.264 e. The number of benzene rings is 3. The second kappa shape index (κ2) is 11.4. The normalized spacial score (nSPS) is 11.6. The number of hydrazone groups is 1. The molecule has 1 amide bonds. The number of aryl methyl sites for hydroxylation is 3. The van der Waals surface area contributed by atoms with Crippen LogP contribution in [0, 0.1) is 20.8 Å². The van der Waals surface area contributed by atoms with Crippen molar-refractivity contribution in [1.82, 2.24) is 5.43 Å². The highest BCUT2D eigenvalue weighted by Gasteiger charge is 2.27. The Morgan fingerprint density at radius 1 is 0.921 bits per heavy atom. The average Bonchev–Trinajstić information content (AvgIpc) is 3.30. The van der Waals surface area contributed by atoms with Gasteiger partial charge in [0.05, 0.1) is 21.8 Å². The summed E-state index contributed by atoms with van der Waals surface area (Å²) in [5.74, 6) is 0.248. The number of hydrogen-bond donors (Lipinski definition) is 1. The summed E-state index contributed by atoms with van der Waals surface area (Å²) in [5, 5.41) is 4.88. The van der Waals surface area contributed by atoms with Crippen LogP contribution in [0.25, 0.3) is 11.3 Å². The molecule has 38 heavy (non-hydrogen) atoms. The molecule has 3 aromatic carbocycles. The summed E-state index contributed by atoms with van der Waals surface area (Å²) >= 11 is 12.2. The molecule has 4 rings (SSSR count). The first-order valence-corrected chi connectivity index (χ1v) is 13.8. The summed E-state index contributed by atoms with van der Waals surface area (Å²) in [7, 11) is -4.03. The third-order valence-corrected chi connectivity index (χ3v) is 7.93. The van der Waals surface area contributed by atoms with E-state index in [4.69, 9.17) is 27.6 Å². The van der Waals surface area contributed by atoms with Gasteiger partial charge in [0.15, 0.2) is 0 Å². The van der Waals surface area contributed by atoms with Crippen molar-refractivity contribution in [3.05, 3.63) is 105 Å². The van der Waals surface area contributed by atoms with E-state index in [1.807, 2.05) is 26.8 Å². The Balaban J connectivity index is 1.53. The van der Waals surface area contributed by atoms with Crippen molar-refractivity contribution < 1.29 is 17.6 Å². The number of nitrogens with one attached hydrogen (secondary N) is 1. The number of carbonyl (C=O) groups excluding carboxylic acids is 1. The van der Waals surface area contributed by atoms with E-state index in [9.17, 15) is 13.2 Å². The molecular weight excluding hydrogens is 545 g/mol. The van der Waals surface area contributed by atoms with Crippen molar-refractivity contribution >= 4 is 51.0 Å². The summed E-state index contributed by atoms with van der Waals surface area (Å²) in [6, 6.07) is 20.3. The Morgan fingerprint density at radius 2 is 1.61 bits per heavy atom. The highest BCUT2D eigenvalue weighted by atomic mass is 35.5.